The highest BCUT2D eigenvalue weighted by Gasteiger charge is 2.41. The smallest absolute Gasteiger partial charge is 0.467 e. The number of carbonyl (C=O) groups is 2. The van der Waals surface area contributed by atoms with Gasteiger partial charge < -0.3 is 10.1 Å². The van der Waals surface area contributed by atoms with Crippen LogP contribution in [0.25, 0.3) is 5.65 Å². The van der Waals surface area contributed by atoms with E-state index in [1.54, 1.807) is 29.7 Å². The van der Waals surface area contributed by atoms with Crippen molar-refractivity contribution >= 4 is 17.5 Å². The van der Waals surface area contributed by atoms with E-state index in [1.165, 1.54) is 4.40 Å². The van der Waals surface area contributed by atoms with Crippen molar-refractivity contribution < 1.29 is 27.5 Å². The summed E-state index contributed by atoms with van der Waals surface area (Å²) in [7, 11) is 1.01. The van der Waals surface area contributed by atoms with Crippen molar-refractivity contribution in [3.05, 3.63) is 30.2 Å². The molecule has 0 saturated carbocycles. The number of carbonyl (C=O) groups excluding carboxylic acids is 2. The number of nitrogens with one attached hydrogen (secondary N) is 1. The minimum absolute atomic E-state index is 0.216. The number of methoxy groups -OCH3 is 1. The van der Waals surface area contributed by atoms with E-state index in [1.807, 2.05) is 0 Å². The molecule has 2 aromatic rings. The van der Waals surface area contributed by atoms with E-state index >= 15 is 0 Å². The second-order valence-corrected chi connectivity index (χ2v) is 4.30. The van der Waals surface area contributed by atoms with Gasteiger partial charge in [0, 0.05) is 12.6 Å². The van der Waals surface area contributed by atoms with Gasteiger partial charge in [0.25, 0.3) is 0 Å². The third kappa shape index (κ3) is 3.32. The van der Waals surface area contributed by atoms with Crippen molar-refractivity contribution in [3.63, 3.8) is 0 Å². The molecule has 0 saturated heterocycles. The Bertz CT molecular complexity index is 698. The molecule has 2 heterocycles. The second-order valence-electron chi connectivity index (χ2n) is 4.30. The van der Waals surface area contributed by atoms with Crippen LogP contribution in [-0.2, 0) is 20.7 Å². The van der Waals surface area contributed by atoms with Gasteiger partial charge in [-0.2, -0.15) is 13.2 Å². The molecule has 7 nitrogen and oxygen atoms in total. The third-order valence-corrected chi connectivity index (χ3v) is 2.82. The molecule has 1 atom stereocenters. The zero-order valence-electron chi connectivity index (χ0n) is 11.3. The Balaban J connectivity index is 2.23. The van der Waals surface area contributed by atoms with Crippen molar-refractivity contribution in [2.24, 2.45) is 0 Å². The number of rotatable bonds is 4. The van der Waals surface area contributed by atoms with Crippen LogP contribution in [0.5, 0.6) is 0 Å². The standard InChI is InChI=1S/C12H11F3N4O3/c1-22-10(20)7(16-11(21)12(13,14)15)6-9-18-17-8-4-2-3-5-19(8)9/h2-5,7H,6H2,1H3,(H,16,21)/t7-/m0/s1. The van der Waals surface area contributed by atoms with Crippen LogP contribution in [0.4, 0.5) is 13.2 Å². The Hall–Kier alpha value is -2.65. The van der Waals surface area contributed by atoms with Crippen molar-refractivity contribution in [2.75, 3.05) is 7.11 Å². The van der Waals surface area contributed by atoms with Crippen LogP contribution >= 0.6 is 0 Å². The summed E-state index contributed by atoms with van der Waals surface area (Å²) in [5.74, 6) is -3.02. The van der Waals surface area contributed by atoms with Gasteiger partial charge in [-0.15, -0.1) is 10.2 Å². The van der Waals surface area contributed by atoms with Gasteiger partial charge in [-0.05, 0) is 12.1 Å². The Labute approximate surface area is 122 Å². The summed E-state index contributed by atoms with van der Waals surface area (Å²) in [5.41, 5.74) is 0.461. The summed E-state index contributed by atoms with van der Waals surface area (Å²) < 4.78 is 42.8. The molecule has 0 aliphatic heterocycles. The average molecular weight is 316 g/mol. The van der Waals surface area contributed by atoms with Crippen LogP contribution in [0.3, 0.4) is 0 Å². The molecule has 0 bridgehead atoms. The fourth-order valence-corrected chi connectivity index (χ4v) is 1.79. The third-order valence-electron chi connectivity index (χ3n) is 2.82. The number of pyridine rings is 1. The summed E-state index contributed by atoms with van der Waals surface area (Å²) in [6.45, 7) is 0. The lowest BCUT2D eigenvalue weighted by Gasteiger charge is -2.16. The van der Waals surface area contributed by atoms with Gasteiger partial charge in [-0.1, -0.05) is 6.07 Å². The Kier molecular flexibility index (Phi) is 4.29. The summed E-state index contributed by atoms with van der Waals surface area (Å²) in [6.07, 6.45) is -3.80. The highest BCUT2D eigenvalue weighted by molar-refractivity contribution is 5.87. The van der Waals surface area contributed by atoms with Gasteiger partial charge in [-0.3, -0.25) is 9.20 Å². The van der Waals surface area contributed by atoms with Gasteiger partial charge in [-0.25, -0.2) is 4.79 Å². The van der Waals surface area contributed by atoms with E-state index in [2.05, 4.69) is 14.9 Å². The van der Waals surface area contributed by atoms with Crippen molar-refractivity contribution in [1.29, 1.82) is 0 Å². The lowest BCUT2D eigenvalue weighted by atomic mass is 10.2. The number of amides is 1. The number of fused-ring (bicyclic) bond motifs is 1. The fourth-order valence-electron chi connectivity index (χ4n) is 1.79. The highest BCUT2D eigenvalue weighted by Crippen LogP contribution is 2.15. The average Bonchev–Trinajstić information content (AvgIpc) is 2.88. The number of hydrogen-bond donors (Lipinski definition) is 1. The summed E-state index contributed by atoms with van der Waals surface area (Å²) in [6, 6.07) is 3.49. The minimum Gasteiger partial charge on any atom is -0.467 e. The minimum atomic E-state index is -5.10. The molecule has 0 aliphatic rings. The number of alkyl halides is 3. The van der Waals surface area contributed by atoms with Gasteiger partial charge >= 0.3 is 18.1 Å². The molecule has 1 amide bonds. The first-order chi connectivity index (χ1) is 10.3. The molecule has 0 spiro atoms. The Morgan fingerprint density at radius 2 is 2.09 bits per heavy atom. The molecule has 0 fully saturated rings. The van der Waals surface area contributed by atoms with Crippen LogP contribution in [0, 0.1) is 0 Å². The first-order valence-corrected chi connectivity index (χ1v) is 6.07. The van der Waals surface area contributed by atoms with E-state index in [0.717, 1.165) is 7.11 Å². The van der Waals surface area contributed by atoms with E-state index in [9.17, 15) is 22.8 Å². The Morgan fingerprint density at radius 1 is 1.36 bits per heavy atom. The molecule has 2 aromatic heterocycles. The van der Waals surface area contributed by atoms with Crippen LogP contribution in [0.15, 0.2) is 24.4 Å². The summed E-state index contributed by atoms with van der Waals surface area (Å²) in [4.78, 5) is 22.6. The summed E-state index contributed by atoms with van der Waals surface area (Å²) in [5, 5.41) is 9.20. The Morgan fingerprint density at radius 3 is 2.73 bits per heavy atom. The molecule has 0 aliphatic carbocycles. The topological polar surface area (TPSA) is 85.6 Å². The maximum atomic E-state index is 12.3. The van der Waals surface area contributed by atoms with E-state index in [-0.39, 0.29) is 12.2 Å². The van der Waals surface area contributed by atoms with E-state index in [0.29, 0.717) is 5.65 Å². The van der Waals surface area contributed by atoms with E-state index in [4.69, 9.17) is 0 Å². The molecule has 118 valence electrons. The number of aromatic nitrogens is 3. The highest BCUT2D eigenvalue weighted by atomic mass is 19.4. The monoisotopic (exact) mass is 316 g/mol. The van der Waals surface area contributed by atoms with Crippen LogP contribution in [-0.4, -0.2) is 45.8 Å². The zero-order chi connectivity index (χ0) is 16.3. The maximum absolute atomic E-state index is 12.3. The first-order valence-electron chi connectivity index (χ1n) is 6.07. The SMILES string of the molecule is COC(=O)[C@H](Cc1nnc2ccccn12)NC(=O)C(F)(F)F. The number of esters is 1. The molecule has 0 radical (unpaired) electrons. The number of nitrogens with zero attached hydrogens (tertiary/aromatic N) is 3. The summed E-state index contributed by atoms with van der Waals surface area (Å²) >= 11 is 0. The maximum Gasteiger partial charge on any atom is 0.471 e. The van der Waals surface area contributed by atoms with Crippen LogP contribution in [0.1, 0.15) is 5.82 Å². The predicted molar refractivity (Wildman–Crippen MR) is 66.7 cm³/mol. The van der Waals surface area contributed by atoms with Gasteiger partial charge in [0.1, 0.15) is 11.9 Å². The second kappa shape index (κ2) is 6.00. The van der Waals surface area contributed by atoms with Gasteiger partial charge in [0.05, 0.1) is 7.11 Å². The number of hydrogen-bond acceptors (Lipinski definition) is 5. The van der Waals surface area contributed by atoms with Gasteiger partial charge in [0.2, 0.25) is 0 Å². The molecule has 1 N–H and O–H groups in total. The number of ether oxygens (including phenoxy) is 1. The molecule has 0 unspecified atom stereocenters. The quantitative estimate of drug-likeness (QED) is 0.830. The molecule has 22 heavy (non-hydrogen) atoms. The van der Waals surface area contributed by atoms with Crippen molar-refractivity contribution in [2.45, 2.75) is 18.6 Å². The fraction of sp³-hybridized carbons (Fsp3) is 0.333. The first kappa shape index (κ1) is 15.7. The van der Waals surface area contributed by atoms with Crippen LogP contribution < -0.4 is 5.32 Å². The normalized spacial score (nSPS) is 12.9. The lowest BCUT2D eigenvalue weighted by molar-refractivity contribution is -0.175. The van der Waals surface area contributed by atoms with Crippen molar-refractivity contribution in [1.82, 2.24) is 19.9 Å². The van der Waals surface area contributed by atoms with E-state index < -0.39 is 24.1 Å². The molecule has 10 heteroatoms. The lowest BCUT2D eigenvalue weighted by Crippen LogP contribution is -2.48. The molecule has 0 aromatic carbocycles. The molecular weight excluding hydrogens is 305 g/mol. The largest absolute Gasteiger partial charge is 0.471 e. The number of halogens is 3. The molecular formula is C12H11F3N4O3. The van der Waals surface area contributed by atoms with Gasteiger partial charge in [0.15, 0.2) is 5.65 Å². The van der Waals surface area contributed by atoms with Crippen LogP contribution in [0.2, 0.25) is 0 Å². The zero-order valence-corrected chi connectivity index (χ0v) is 11.3. The molecule has 2 rings (SSSR count). The predicted octanol–water partition coefficient (Wildman–Crippen LogP) is 0.492. The van der Waals surface area contributed by atoms with Crippen molar-refractivity contribution in [3.8, 4) is 0 Å².